The SMILES string of the molecule is O=C(O)c1ccc2nnn(CCCn3ccnn3)c2c1. The first-order valence-electron chi connectivity index (χ1n) is 6.15. The summed E-state index contributed by atoms with van der Waals surface area (Å²) < 4.78 is 3.44. The fraction of sp³-hybridized carbons (Fsp3) is 0.250. The van der Waals surface area contributed by atoms with Crippen LogP contribution in [0.2, 0.25) is 0 Å². The summed E-state index contributed by atoms with van der Waals surface area (Å²) in [5, 5.41) is 24.7. The Morgan fingerprint density at radius 1 is 1.25 bits per heavy atom. The summed E-state index contributed by atoms with van der Waals surface area (Å²) in [6.45, 7) is 1.36. The fourth-order valence-electron chi connectivity index (χ4n) is 2.00. The molecule has 0 bridgehead atoms. The number of carbonyl (C=O) groups is 1. The van der Waals surface area contributed by atoms with Gasteiger partial charge >= 0.3 is 5.97 Å². The number of aryl methyl sites for hydroxylation is 2. The number of carboxylic acids is 1. The van der Waals surface area contributed by atoms with Crippen molar-refractivity contribution in [1.29, 1.82) is 0 Å². The van der Waals surface area contributed by atoms with Crippen LogP contribution in [0.3, 0.4) is 0 Å². The van der Waals surface area contributed by atoms with E-state index in [1.165, 1.54) is 6.07 Å². The van der Waals surface area contributed by atoms with Crippen LogP contribution in [0.15, 0.2) is 30.6 Å². The number of benzene rings is 1. The fourth-order valence-corrected chi connectivity index (χ4v) is 2.00. The highest BCUT2D eigenvalue weighted by molar-refractivity contribution is 5.92. The van der Waals surface area contributed by atoms with Gasteiger partial charge in [-0.15, -0.1) is 10.2 Å². The second-order valence-electron chi connectivity index (χ2n) is 4.34. The van der Waals surface area contributed by atoms with Gasteiger partial charge in [-0.2, -0.15) is 0 Å². The molecule has 1 aromatic carbocycles. The molecule has 3 rings (SSSR count). The normalized spacial score (nSPS) is 11.0. The summed E-state index contributed by atoms with van der Waals surface area (Å²) in [6.07, 6.45) is 4.23. The zero-order valence-electron chi connectivity index (χ0n) is 10.5. The molecule has 1 N–H and O–H groups in total. The van der Waals surface area contributed by atoms with Crippen LogP contribution in [-0.4, -0.2) is 41.1 Å². The van der Waals surface area contributed by atoms with Crippen LogP contribution in [0.5, 0.6) is 0 Å². The Kier molecular flexibility index (Phi) is 3.12. The number of rotatable bonds is 5. The molecule has 102 valence electrons. The molecule has 0 spiro atoms. The zero-order chi connectivity index (χ0) is 13.9. The zero-order valence-corrected chi connectivity index (χ0v) is 10.5. The second-order valence-corrected chi connectivity index (χ2v) is 4.34. The monoisotopic (exact) mass is 272 g/mol. The third-order valence-corrected chi connectivity index (χ3v) is 2.99. The third kappa shape index (κ3) is 2.35. The molecule has 0 saturated heterocycles. The Morgan fingerprint density at radius 3 is 2.90 bits per heavy atom. The quantitative estimate of drug-likeness (QED) is 0.738. The van der Waals surface area contributed by atoms with E-state index in [4.69, 9.17) is 5.11 Å². The van der Waals surface area contributed by atoms with Crippen molar-refractivity contribution in [2.45, 2.75) is 19.5 Å². The van der Waals surface area contributed by atoms with Crippen molar-refractivity contribution in [3.63, 3.8) is 0 Å². The van der Waals surface area contributed by atoms with Crippen molar-refractivity contribution >= 4 is 17.0 Å². The highest BCUT2D eigenvalue weighted by Crippen LogP contribution is 2.14. The minimum Gasteiger partial charge on any atom is -0.478 e. The van der Waals surface area contributed by atoms with Crippen LogP contribution in [0, 0.1) is 0 Å². The molecule has 0 aliphatic heterocycles. The van der Waals surface area contributed by atoms with Gasteiger partial charge in [-0.05, 0) is 24.6 Å². The molecule has 0 unspecified atom stereocenters. The lowest BCUT2D eigenvalue weighted by molar-refractivity contribution is 0.0697. The summed E-state index contributed by atoms with van der Waals surface area (Å²) >= 11 is 0. The van der Waals surface area contributed by atoms with E-state index >= 15 is 0 Å². The molecule has 0 aliphatic rings. The van der Waals surface area contributed by atoms with Crippen molar-refractivity contribution in [3.8, 4) is 0 Å². The Labute approximate surface area is 113 Å². The number of aromatic nitrogens is 6. The van der Waals surface area contributed by atoms with Gasteiger partial charge in [-0.3, -0.25) is 4.68 Å². The maximum Gasteiger partial charge on any atom is 0.335 e. The van der Waals surface area contributed by atoms with E-state index in [1.54, 1.807) is 33.9 Å². The Hall–Kier alpha value is -2.77. The minimum absolute atomic E-state index is 0.234. The molecule has 20 heavy (non-hydrogen) atoms. The molecular formula is C12H12N6O2. The highest BCUT2D eigenvalue weighted by Gasteiger charge is 2.09. The Bertz CT molecular complexity index is 734. The van der Waals surface area contributed by atoms with E-state index in [-0.39, 0.29) is 5.56 Å². The Balaban J connectivity index is 1.77. The van der Waals surface area contributed by atoms with E-state index in [9.17, 15) is 4.79 Å². The van der Waals surface area contributed by atoms with Crippen molar-refractivity contribution in [2.75, 3.05) is 0 Å². The maximum atomic E-state index is 11.0. The lowest BCUT2D eigenvalue weighted by atomic mass is 10.2. The average molecular weight is 272 g/mol. The number of hydrogen-bond acceptors (Lipinski definition) is 5. The smallest absolute Gasteiger partial charge is 0.335 e. The molecule has 0 fully saturated rings. The topological polar surface area (TPSA) is 98.7 Å². The third-order valence-electron chi connectivity index (χ3n) is 2.99. The van der Waals surface area contributed by atoms with Crippen LogP contribution < -0.4 is 0 Å². The lowest BCUT2D eigenvalue weighted by Crippen LogP contribution is -2.06. The minimum atomic E-state index is -0.956. The molecule has 0 saturated carbocycles. The molecule has 0 radical (unpaired) electrons. The van der Waals surface area contributed by atoms with Crippen LogP contribution in [-0.2, 0) is 13.1 Å². The van der Waals surface area contributed by atoms with E-state index in [2.05, 4.69) is 20.6 Å². The number of hydrogen-bond donors (Lipinski definition) is 1. The van der Waals surface area contributed by atoms with E-state index in [1.807, 2.05) is 0 Å². The average Bonchev–Trinajstić information content (AvgIpc) is 3.08. The first-order valence-corrected chi connectivity index (χ1v) is 6.15. The highest BCUT2D eigenvalue weighted by atomic mass is 16.4. The van der Waals surface area contributed by atoms with Gasteiger partial charge in [0.25, 0.3) is 0 Å². The van der Waals surface area contributed by atoms with Crippen molar-refractivity contribution in [3.05, 3.63) is 36.2 Å². The summed E-state index contributed by atoms with van der Waals surface area (Å²) in [5.74, 6) is -0.956. The second kappa shape index (κ2) is 5.08. The van der Waals surface area contributed by atoms with Gasteiger partial charge in [0.15, 0.2) is 0 Å². The molecule has 3 aromatic rings. The van der Waals surface area contributed by atoms with Gasteiger partial charge in [-0.25, -0.2) is 9.48 Å². The van der Waals surface area contributed by atoms with Crippen LogP contribution in [0.25, 0.3) is 11.0 Å². The van der Waals surface area contributed by atoms with Gasteiger partial charge < -0.3 is 5.11 Å². The van der Waals surface area contributed by atoms with E-state index < -0.39 is 5.97 Å². The van der Waals surface area contributed by atoms with Crippen LogP contribution >= 0.6 is 0 Å². The predicted octanol–water partition coefficient (Wildman–Crippen LogP) is 0.811. The standard InChI is InChI=1S/C12H12N6O2/c19-12(20)9-2-3-10-11(8-9)18(16-14-10)6-1-5-17-7-4-13-15-17/h2-4,7-8H,1,5-6H2,(H,19,20). The molecule has 8 nitrogen and oxygen atoms in total. The summed E-state index contributed by atoms with van der Waals surface area (Å²) in [5.41, 5.74) is 1.65. The Morgan fingerprint density at radius 2 is 2.15 bits per heavy atom. The molecule has 0 amide bonds. The molecule has 8 heteroatoms. The summed E-state index contributed by atoms with van der Waals surface area (Å²) in [6, 6.07) is 4.78. The van der Waals surface area contributed by atoms with Crippen LogP contribution in [0.4, 0.5) is 0 Å². The number of aromatic carboxylic acids is 1. The number of fused-ring (bicyclic) bond motifs is 1. The molecule has 0 aliphatic carbocycles. The molecule has 2 heterocycles. The molecule has 2 aromatic heterocycles. The summed E-state index contributed by atoms with van der Waals surface area (Å²) in [7, 11) is 0. The largest absolute Gasteiger partial charge is 0.478 e. The number of carboxylic acid groups (broad SMARTS) is 1. The van der Waals surface area contributed by atoms with Gasteiger partial charge in [0.2, 0.25) is 0 Å². The van der Waals surface area contributed by atoms with Gasteiger partial charge in [0.1, 0.15) is 5.52 Å². The van der Waals surface area contributed by atoms with Crippen molar-refractivity contribution < 1.29 is 9.90 Å². The predicted molar refractivity (Wildman–Crippen MR) is 69.1 cm³/mol. The molecule has 0 atom stereocenters. The van der Waals surface area contributed by atoms with E-state index in [0.717, 1.165) is 18.5 Å². The van der Waals surface area contributed by atoms with Gasteiger partial charge in [-0.1, -0.05) is 10.4 Å². The molecular weight excluding hydrogens is 260 g/mol. The van der Waals surface area contributed by atoms with Gasteiger partial charge in [0.05, 0.1) is 17.3 Å². The number of nitrogens with zero attached hydrogens (tertiary/aromatic N) is 6. The lowest BCUT2D eigenvalue weighted by Gasteiger charge is -2.03. The first-order chi connectivity index (χ1) is 9.74. The van der Waals surface area contributed by atoms with Crippen LogP contribution in [0.1, 0.15) is 16.8 Å². The maximum absolute atomic E-state index is 11.0. The van der Waals surface area contributed by atoms with E-state index in [0.29, 0.717) is 12.1 Å². The summed E-state index contributed by atoms with van der Waals surface area (Å²) in [4.78, 5) is 11.0. The first kappa shape index (κ1) is 12.3. The van der Waals surface area contributed by atoms with Crippen molar-refractivity contribution in [2.24, 2.45) is 0 Å². The van der Waals surface area contributed by atoms with Crippen molar-refractivity contribution in [1.82, 2.24) is 30.0 Å². The van der Waals surface area contributed by atoms with Gasteiger partial charge in [0, 0.05) is 19.3 Å².